The van der Waals surface area contributed by atoms with Crippen LogP contribution >= 0.6 is 11.6 Å². The fourth-order valence-electron chi connectivity index (χ4n) is 1.80. The molecule has 0 bridgehead atoms. The van der Waals surface area contributed by atoms with Gasteiger partial charge in [-0.3, -0.25) is 0 Å². The predicted molar refractivity (Wildman–Crippen MR) is 65.7 cm³/mol. The highest BCUT2D eigenvalue weighted by Crippen LogP contribution is 2.14. The molecule has 0 spiro atoms. The third-order valence-electron chi connectivity index (χ3n) is 2.70. The Balaban J connectivity index is 1.79. The van der Waals surface area contributed by atoms with Gasteiger partial charge in [0.05, 0.1) is 12.7 Å². The highest BCUT2D eigenvalue weighted by atomic mass is 35.5. The molecule has 5 heteroatoms. The third-order valence-corrected chi connectivity index (χ3v) is 2.93. The summed E-state index contributed by atoms with van der Waals surface area (Å²) in [5, 5.41) is 6.97. The van der Waals surface area contributed by atoms with E-state index in [1.54, 1.807) is 12.1 Å². The van der Waals surface area contributed by atoms with Gasteiger partial charge < -0.3 is 15.4 Å². The maximum absolute atomic E-state index is 13.4. The average molecular weight is 259 g/mol. The number of rotatable bonds is 4. The fraction of sp³-hybridized carbons (Fsp3) is 0.500. The molecule has 0 radical (unpaired) electrons. The van der Waals surface area contributed by atoms with Gasteiger partial charge in [-0.1, -0.05) is 11.6 Å². The van der Waals surface area contributed by atoms with Gasteiger partial charge in [0.15, 0.2) is 0 Å². The summed E-state index contributed by atoms with van der Waals surface area (Å²) in [4.78, 5) is 0. The molecule has 17 heavy (non-hydrogen) atoms. The number of hydrogen-bond acceptors (Lipinski definition) is 3. The summed E-state index contributed by atoms with van der Waals surface area (Å²) in [5.41, 5.74) is 0.585. The summed E-state index contributed by atoms with van der Waals surface area (Å²) in [5.74, 6) is -0.232. The summed E-state index contributed by atoms with van der Waals surface area (Å²) in [6, 6.07) is 4.58. The molecule has 0 amide bonds. The minimum Gasteiger partial charge on any atom is -0.374 e. The van der Waals surface area contributed by atoms with E-state index in [4.69, 9.17) is 16.3 Å². The van der Waals surface area contributed by atoms with Crippen LogP contribution in [0.3, 0.4) is 0 Å². The Morgan fingerprint density at radius 1 is 1.53 bits per heavy atom. The van der Waals surface area contributed by atoms with E-state index in [1.807, 2.05) is 0 Å². The zero-order valence-corrected chi connectivity index (χ0v) is 10.3. The fourth-order valence-corrected chi connectivity index (χ4v) is 1.99. The van der Waals surface area contributed by atoms with Crippen LogP contribution in [0.1, 0.15) is 5.56 Å². The average Bonchev–Trinajstić information content (AvgIpc) is 2.35. The van der Waals surface area contributed by atoms with Crippen LogP contribution in [0.2, 0.25) is 5.02 Å². The predicted octanol–water partition coefficient (Wildman–Crippen LogP) is 1.56. The second kappa shape index (κ2) is 6.31. The first kappa shape index (κ1) is 12.8. The molecule has 1 heterocycles. The summed E-state index contributed by atoms with van der Waals surface area (Å²) in [7, 11) is 0. The standard InChI is InChI=1S/C12H16ClFN2O/c13-10-1-2-12(14)9(5-10)6-16-8-11-7-15-3-4-17-11/h1-2,5,11,15-16H,3-4,6-8H2. The molecule has 2 N–H and O–H groups in total. The molecular weight excluding hydrogens is 243 g/mol. The molecule has 0 saturated carbocycles. The Morgan fingerprint density at radius 2 is 2.41 bits per heavy atom. The lowest BCUT2D eigenvalue weighted by atomic mass is 10.2. The molecule has 1 aliphatic heterocycles. The van der Waals surface area contributed by atoms with Gasteiger partial charge in [0.2, 0.25) is 0 Å². The first-order valence-electron chi connectivity index (χ1n) is 5.72. The number of nitrogens with one attached hydrogen (secondary N) is 2. The molecule has 0 aliphatic carbocycles. The Bertz CT molecular complexity index is 370. The normalized spacial score (nSPS) is 20.5. The number of hydrogen-bond donors (Lipinski definition) is 2. The van der Waals surface area contributed by atoms with Crippen molar-refractivity contribution in [2.24, 2.45) is 0 Å². The summed E-state index contributed by atoms with van der Waals surface area (Å²) in [6.07, 6.45) is 0.158. The third kappa shape index (κ3) is 3.92. The van der Waals surface area contributed by atoms with Crippen LogP contribution in [-0.4, -0.2) is 32.3 Å². The van der Waals surface area contributed by atoms with Crippen molar-refractivity contribution in [3.8, 4) is 0 Å². The Labute approximate surface area is 105 Å². The van der Waals surface area contributed by atoms with E-state index < -0.39 is 0 Å². The Morgan fingerprint density at radius 3 is 3.18 bits per heavy atom. The maximum atomic E-state index is 13.4. The van der Waals surface area contributed by atoms with Gasteiger partial charge in [0.1, 0.15) is 5.82 Å². The second-order valence-electron chi connectivity index (χ2n) is 4.06. The van der Waals surface area contributed by atoms with Crippen molar-refractivity contribution < 1.29 is 9.13 Å². The first-order valence-corrected chi connectivity index (χ1v) is 6.10. The van der Waals surface area contributed by atoms with Crippen LogP contribution in [0.15, 0.2) is 18.2 Å². The molecule has 94 valence electrons. The van der Waals surface area contributed by atoms with Gasteiger partial charge in [-0.05, 0) is 18.2 Å². The lowest BCUT2D eigenvalue weighted by molar-refractivity contribution is 0.0290. The minimum atomic E-state index is -0.232. The summed E-state index contributed by atoms with van der Waals surface area (Å²) < 4.78 is 18.9. The summed E-state index contributed by atoms with van der Waals surface area (Å²) in [6.45, 7) is 3.65. The molecule has 1 fully saturated rings. The molecule has 3 nitrogen and oxygen atoms in total. The van der Waals surface area contributed by atoms with Crippen LogP contribution in [0.25, 0.3) is 0 Å². The van der Waals surface area contributed by atoms with Crippen molar-refractivity contribution in [1.82, 2.24) is 10.6 Å². The van der Waals surface area contributed by atoms with Crippen LogP contribution in [0.4, 0.5) is 4.39 Å². The molecule has 1 atom stereocenters. The van der Waals surface area contributed by atoms with Crippen LogP contribution < -0.4 is 10.6 Å². The number of halogens is 2. The quantitative estimate of drug-likeness (QED) is 0.860. The lowest BCUT2D eigenvalue weighted by Gasteiger charge is -2.23. The van der Waals surface area contributed by atoms with Gasteiger partial charge in [0.25, 0.3) is 0 Å². The van der Waals surface area contributed by atoms with Crippen molar-refractivity contribution in [2.45, 2.75) is 12.6 Å². The van der Waals surface area contributed by atoms with Crippen molar-refractivity contribution >= 4 is 11.6 Å². The number of morpholine rings is 1. The summed E-state index contributed by atoms with van der Waals surface area (Å²) >= 11 is 5.82. The van der Waals surface area contributed by atoms with Gasteiger partial charge >= 0.3 is 0 Å². The van der Waals surface area contributed by atoms with Gasteiger partial charge in [-0.15, -0.1) is 0 Å². The SMILES string of the molecule is Fc1ccc(Cl)cc1CNCC1CNCCO1. The van der Waals surface area contributed by atoms with Crippen molar-refractivity contribution in [3.05, 3.63) is 34.6 Å². The molecule has 1 aliphatic rings. The van der Waals surface area contributed by atoms with Gasteiger partial charge in [-0.2, -0.15) is 0 Å². The molecular formula is C12H16ClFN2O. The Hall–Kier alpha value is -0.680. The molecule has 2 rings (SSSR count). The first-order chi connectivity index (χ1) is 8.25. The Kier molecular flexibility index (Phi) is 4.74. The van der Waals surface area contributed by atoms with Crippen LogP contribution in [-0.2, 0) is 11.3 Å². The lowest BCUT2D eigenvalue weighted by Crippen LogP contribution is -2.43. The van der Waals surface area contributed by atoms with E-state index in [1.165, 1.54) is 6.07 Å². The zero-order chi connectivity index (χ0) is 12.1. The largest absolute Gasteiger partial charge is 0.374 e. The maximum Gasteiger partial charge on any atom is 0.127 e. The number of benzene rings is 1. The van der Waals surface area contributed by atoms with E-state index in [0.29, 0.717) is 23.7 Å². The molecule has 1 aromatic carbocycles. The topological polar surface area (TPSA) is 33.3 Å². The van der Waals surface area contributed by atoms with Crippen molar-refractivity contribution in [2.75, 3.05) is 26.2 Å². The van der Waals surface area contributed by atoms with E-state index in [-0.39, 0.29) is 11.9 Å². The monoisotopic (exact) mass is 258 g/mol. The van der Waals surface area contributed by atoms with E-state index in [9.17, 15) is 4.39 Å². The number of ether oxygens (including phenoxy) is 1. The van der Waals surface area contributed by atoms with Crippen LogP contribution in [0.5, 0.6) is 0 Å². The van der Waals surface area contributed by atoms with E-state index in [2.05, 4.69) is 10.6 Å². The smallest absolute Gasteiger partial charge is 0.127 e. The zero-order valence-electron chi connectivity index (χ0n) is 9.51. The molecule has 1 unspecified atom stereocenters. The van der Waals surface area contributed by atoms with Gasteiger partial charge in [-0.25, -0.2) is 4.39 Å². The van der Waals surface area contributed by atoms with Gasteiger partial charge in [0, 0.05) is 36.8 Å². The van der Waals surface area contributed by atoms with Crippen molar-refractivity contribution in [1.29, 1.82) is 0 Å². The van der Waals surface area contributed by atoms with Crippen molar-refractivity contribution in [3.63, 3.8) is 0 Å². The highest BCUT2D eigenvalue weighted by molar-refractivity contribution is 6.30. The molecule has 1 saturated heterocycles. The second-order valence-corrected chi connectivity index (χ2v) is 4.50. The van der Waals surface area contributed by atoms with E-state index in [0.717, 1.165) is 19.7 Å². The highest BCUT2D eigenvalue weighted by Gasteiger charge is 2.12. The van der Waals surface area contributed by atoms with Crippen LogP contribution in [0, 0.1) is 5.82 Å². The minimum absolute atomic E-state index is 0.158. The molecule has 0 aromatic heterocycles. The van der Waals surface area contributed by atoms with E-state index >= 15 is 0 Å². The molecule has 1 aromatic rings.